The zero-order valence-electron chi connectivity index (χ0n) is 22.2. The van der Waals surface area contributed by atoms with Crippen molar-refractivity contribution in [3.63, 3.8) is 0 Å². The van der Waals surface area contributed by atoms with Gasteiger partial charge in [-0.3, -0.25) is 0 Å². The topological polar surface area (TPSA) is 38.3 Å². The van der Waals surface area contributed by atoms with Crippen molar-refractivity contribution in [3.05, 3.63) is 94.7 Å². The molecule has 0 bridgehead atoms. The fourth-order valence-corrected chi connectivity index (χ4v) is 3.33. The first-order valence-corrected chi connectivity index (χ1v) is 12.4. The lowest BCUT2D eigenvalue weighted by Gasteiger charge is -2.17. The van der Waals surface area contributed by atoms with E-state index in [1.54, 1.807) is 0 Å². The van der Waals surface area contributed by atoms with Crippen LogP contribution in [0.1, 0.15) is 87.4 Å². The van der Waals surface area contributed by atoms with Crippen molar-refractivity contribution < 1.29 is 9.53 Å². The normalized spacial score (nSPS) is 11.7. The molecule has 0 saturated heterocycles. The van der Waals surface area contributed by atoms with E-state index in [-0.39, 0.29) is 5.97 Å². The second-order valence-electron chi connectivity index (χ2n) is 8.38. The van der Waals surface area contributed by atoms with Crippen molar-refractivity contribution in [1.82, 2.24) is 0 Å². The molecular formula is C31H43NO2. The molecule has 0 amide bonds. The molecule has 2 aromatic rings. The summed E-state index contributed by atoms with van der Waals surface area (Å²) >= 11 is 0. The van der Waals surface area contributed by atoms with Crippen LogP contribution in [-0.2, 0) is 11.2 Å². The number of carbonyl (C=O) groups is 1. The third kappa shape index (κ3) is 10.2. The molecule has 3 nitrogen and oxygen atoms in total. The van der Waals surface area contributed by atoms with Crippen LogP contribution in [0.2, 0.25) is 0 Å². The predicted octanol–water partition coefficient (Wildman–Crippen LogP) is 8.91. The SMILES string of the molecule is C/C=C\C=C(/C)Nc1cc(C)ccc1/C(=C\CC)CCc1ccc(C(=O)OC)cc1.CCCC. The number of allylic oxidation sites excluding steroid dienone is 6. The summed E-state index contributed by atoms with van der Waals surface area (Å²) in [4.78, 5) is 11.6. The molecule has 0 atom stereocenters. The maximum Gasteiger partial charge on any atom is 0.337 e. The smallest absolute Gasteiger partial charge is 0.337 e. The fraction of sp³-hybridized carbons (Fsp3) is 0.387. The van der Waals surface area contributed by atoms with Crippen LogP contribution in [0.25, 0.3) is 5.57 Å². The van der Waals surface area contributed by atoms with Crippen molar-refractivity contribution in [2.75, 3.05) is 12.4 Å². The summed E-state index contributed by atoms with van der Waals surface area (Å²) in [6.45, 7) is 12.7. The molecule has 0 saturated carbocycles. The van der Waals surface area contributed by atoms with Gasteiger partial charge in [-0.1, -0.05) is 76.1 Å². The first-order valence-electron chi connectivity index (χ1n) is 12.4. The Morgan fingerprint density at radius 1 is 1.03 bits per heavy atom. The number of nitrogens with one attached hydrogen (secondary N) is 1. The van der Waals surface area contributed by atoms with E-state index in [4.69, 9.17) is 4.74 Å². The molecule has 0 aliphatic rings. The first kappa shape index (κ1) is 29.0. The van der Waals surface area contributed by atoms with Crippen molar-refractivity contribution in [2.24, 2.45) is 0 Å². The number of aryl methyl sites for hydroxylation is 2. The van der Waals surface area contributed by atoms with Crippen LogP contribution < -0.4 is 5.32 Å². The number of esters is 1. The van der Waals surface area contributed by atoms with Crippen molar-refractivity contribution in [1.29, 1.82) is 0 Å². The maximum atomic E-state index is 11.6. The summed E-state index contributed by atoms with van der Waals surface area (Å²) in [5.74, 6) is -0.301. The Labute approximate surface area is 207 Å². The molecule has 184 valence electrons. The highest BCUT2D eigenvalue weighted by atomic mass is 16.5. The van der Waals surface area contributed by atoms with Crippen molar-refractivity contribution >= 4 is 17.2 Å². The molecule has 2 rings (SSSR count). The summed E-state index contributed by atoms with van der Waals surface area (Å²) in [7, 11) is 1.40. The van der Waals surface area contributed by atoms with Crippen LogP contribution >= 0.6 is 0 Å². The van der Waals surface area contributed by atoms with E-state index in [2.05, 4.69) is 70.3 Å². The summed E-state index contributed by atoms with van der Waals surface area (Å²) in [5, 5.41) is 3.57. The average molecular weight is 462 g/mol. The molecule has 1 N–H and O–H groups in total. The lowest BCUT2D eigenvalue weighted by Crippen LogP contribution is -2.02. The van der Waals surface area contributed by atoms with E-state index < -0.39 is 0 Å². The largest absolute Gasteiger partial charge is 0.465 e. The minimum atomic E-state index is -0.301. The molecular weight excluding hydrogens is 418 g/mol. The number of benzene rings is 2. The Morgan fingerprint density at radius 2 is 1.71 bits per heavy atom. The molecule has 0 fully saturated rings. The van der Waals surface area contributed by atoms with Crippen LogP contribution in [-0.4, -0.2) is 13.1 Å². The van der Waals surface area contributed by atoms with Gasteiger partial charge in [0.2, 0.25) is 0 Å². The summed E-state index contributed by atoms with van der Waals surface area (Å²) in [6.07, 6.45) is 13.9. The highest BCUT2D eigenvalue weighted by Gasteiger charge is 2.10. The third-order valence-corrected chi connectivity index (χ3v) is 5.40. The van der Waals surface area contributed by atoms with Gasteiger partial charge >= 0.3 is 5.97 Å². The molecule has 0 aromatic heterocycles. The van der Waals surface area contributed by atoms with Crippen molar-refractivity contribution in [2.45, 2.75) is 73.6 Å². The van der Waals surface area contributed by atoms with Crippen LogP contribution in [0.4, 0.5) is 5.69 Å². The first-order chi connectivity index (χ1) is 16.4. The fourth-order valence-electron chi connectivity index (χ4n) is 3.33. The lowest BCUT2D eigenvalue weighted by atomic mass is 9.94. The van der Waals surface area contributed by atoms with Gasteiger partial charge < -0.3 is 10.1 Å². The average Bonchev–Trinajstić information content (AvgIpc) is 2.85. The standard InChI is InChI=1S/C27H33NO2.C4H10/c1-6-8-10-21(4)28-26-19-20(3)11-18-25(26)23(9-7-2)15-12-22-13-16-24(17-14-22)27(29)30-5;1-3-4-2/h6,8-11,13-14,16-19,28H,7,12,15H2,1-5H3;3-4H2,1-2H3/b8-6-,21-10+,23-9-;. The number of methoxy groups -OCH3 is 1. The molecule has 0 spiro atoms. The van der Waals surface area contributed by atoms with Gasteiger partial charge in [-0.2, -0.15) is 0 Å². The summed E-state index contributed by atoms with van der Waals surface area (Å²) in [5.41, 5.74) is 7.82. The van der Waals surface area contributed by atoms with Gasteiger partial charge in [0.1, 0.15) is 0 Å². The van der Waals surface area contributed by atoms with Gasteiger partial charge in [0.15, 0.2) is 0 Å². The van der Waals surface area contributed by atoms with E-state index in [9.17, 15) is 4.79 Å². The van der Waals surface area contributed by atoms with E-state index in [1.807, 2.05) is 43.3 Å². The van der Waals surface area contributed by atoms with Crippen LogP contribution in [0.3, 0.4) is 0 Å². The Morgan fingerprint density at radius 3 is 2.26 bits per heavy atom. The van der Waals surface area contributed by atoms with Crippen LogP contribution in [0.15, 0.2) is 72.5 Å². The minimum absolute atomic E-state index is 0.301. The third-order valence-electron chi connectivity index (χ3n) is 5.40. The summed E-state index contributed by atoms with van der Waals surface area (Å²) < 4.78 is 4.78. The predicted molar refractivity (Wildman–Crippen MR) is 148 cm³/mol. The molecule has 3 heteroatoms. The molecule has 0 aliphatic carbocycles. The number of hydrogen-bond acceptors (Lipinski definition) is 3. The molecule has 0 heterocycles. The number of carbonyl (C=O) groups excluding carboxylic acids is 1. The Hall–Kier alpha value is -3.07. The highest BCUT2D eigenvalue weighted by molar-refractivity contribution is 5.89. The monoisotopic (exact) mass is 461 g/mol. The van der Waals surface area contributed by atoms with Gasteiger partial charge in [0.25, 0.3) is 0 Å². The number of rotatable bonds is 10. The van der Waals surface area contributed by atoms with E-state index in [1.165, 1.54) is 42.2 Å². The van der Waals surface area contributed by atoms with E-state index in [0.717, 1.165) is 30.6 Å². The van der Waals surface area contributed by atoms with Gasteiger partial charge in [-0.15, -0.1) is 0 Å². The van der Waals surface area contributed by atoms with E-state index >= 15 is 0 Å². The minimum Gasteiger partial charge on any atom is -0.465 e. The maximum absolute atomic E-state index is 11.6. The molecule has 34 heavy (non-hydrogen) atoms. The zero-order valence-corrected chi connectivity index (χ0v) is 22.2. The van der Waals surface area contributed by atoms with Crippen LogP contribution in [0, 0.1) is 6.92 Å². The van der Waals surface area contributed by atoms with Gasteiger partial charge in [-0.25, -0.2) is 4.79 Å². The Balaban J connectivity index is 0.00000133. The number of ether oxygens (including phenoxy) is 1. The summed E-state index contributed by atoms with van der Waals surface area (Å²) in [6, 6.07) is 14.3. The van der Waals surface area contributed by atoms with Crippen LogP contribution in [0.5, 0.6) is 0 Å². The molecule has 0 aliphatic heterocycles. The quantitative estimate of drug-likeness (QED) is 0.283. The Kier molecular flexibility index (Phi) is 14.1. The number of unbranched alkanes of at least 4 members (excludes halogenated alkanes) is 1. The van der Waals surface area contributed by atoms with Crippen molar-refractivity contribution in [3.8, 4) is 0 Å². The van der Waals surface area contributed by atoms with Gasteiger partial charge in [0, 0.05) is 16.9 Å². The second-order valence-corrected chi connectivity index (χ2v) is 8.38. The van der Waals surface area contributed by atoms with Gasteiger partial charge in [-0.05, 0) is 81.0 Å². The number of hydrogen-bond donors (Lipinski definition) is 1. The lowest BCUT2D eigenvalue weighted by molar-refractivity contribution is 0.0600. The second kappa shape index (κ2) is 16.5. The Bertz CT molecular complexity index is 963. The number of anilines is 1. The molecule has 0 radical (unpaired) electrons. The highest BCUT2D eigenvalue weighted by Crippen LogP contribution is 2.30. The van der Waals surface area contributed by atoms with Gasteiger partial charge in [0.05, 0.1) is 12.7 Å². The zero-order chi connectivity index (χ0) is 25.3. The van der Waals surface area contributed by atoms with E-state index in [0.29, 0.717) is 5.56 Å². The molecule has 0 unspecified atom stereocenters. The molecule has 2 aromatic carbocycles.